The third-order valence-corrected chi connectivity index (χ3v) is 19.7. The van der Waals surface area contributed by atoms with Crippen molar-refractivity contribution in [1.82, 2.24) is 0 Å². The van der Waals surface area contributed by atoms with Crippen LogP contribution in [-0.4, -0.2) is 61.1 Å². The fourth-order valence-corrected chi connectivity index (χ4v) is 15.1. The smallest absolute Gasteiger partial charge is 0.311 e. The summed E-state index contributed by atoms with van der Waals surface area (Å²) in [6.45, 7) is 16.6. The first-order chi connectivity index (χ1) is 39.4. The number of unbranched alkanes of at least 4 members (excludes halogenated alkanes) is 24. The highest BCUT2D eigenvalue weighted by molar-refractivity contribution is 5.91. The van der Waals surface area contributed by atoms with E-state index in [2.05, 4.69) is 27.7 Å². The van der Waals surface area contributed by atoms with Crippen LogP contribution in [0.4, 0.5) is 0 Å². The van der Waals surface area contributed by atoms with Crippen molar-refractivity contribution >= 4 is 35.6 Å². The summed E-state index contributed by atoms with van der Waals surface area (Å²) in [5, 5.41) is 0. The summed E-state index contributed by atoms with van der Waals surface area (Å²) < 4.78 is 29.5. The monoisotopic (exact) mass is 1140 g/mol. The number of allylic oxidation sites excluding steroid dienone is 1. The highest BCUT2D eigenvalue weighted by Gasteiger charge is 2.60. The molecular weight excluding hydrogens is 1030 g/mol. The van der Waals surface area contributed by atoms with E-state index in [4.69, 9.17) is 23.7 Å². The van der Waals surface area contributed by atoms with Crippen LogP contribution >= 0.6 is 0 Å². The zero-order chi connectivity index (χ0) is 59.4. The first-order valence-corrected chi connectivity index (χ1v) is 33.7. The summed E-state index contributed by atoms with van der Waals surface area (Å²) >= 11 is 0. The predicted octanol–water partition coefficient (Wildman–Crippen LogP) is 18.1. The Bertz CT molecular complexity index is 2130. The van der Waals surface area contributed by atoms with E-state index < -0.39 is 23.5 Å². The summed E-state index contributed by atoms with van der Waals surface area (Å²) in [7, 11) is 0. The third-order valence-electron chi connectivity index (χ3n) is 19.7. The molecule has 0 saturated heterocycles. The molecule has 11 nitrogen and oxygen atoms in total. The average Bonchev–Trinajstić information content (AvgIpc) is 1.75. The van der Waals surface area contributed by atoms with Crippen molar-refractivity contribution in [3.05, 3.63) is 40.5 Å². The van der Waals surface area contributed by atoms with E-state index in [1.54, 1.807) is 6.07 Å². The fraction of sp³-hybridized carbons (Fsp3) is 0.803. The molecule has 82 heavy (non-hydrogen) atoms. The van der Waals surface area contributed by atoms with Crippen molar-refractivity contribution in [1.29, 1.82) is 0 Å². The third kappa shape index (κ3) is 22.4. The van der Waals surface area contributed by atoms with Crippen LogP contribution in [-0.2, 0) is 53.1 Å². The van der Waals surface area contributed by atoms with Gasteiger partial charge in [0.05, 0.1) is 19.3 Å². The minimum atomic E-state index is -1.03. The largest absolute Gasteiger partial charge is 0.462 e. The summed E-state index contributed by atoms with van der Waals surface area (Å²) in [5.74, 6) is -0.174. The van der Waals surface area contributed by atoms with Crippen LogP contribution in [0, 0.1) is 42.4 Å². The molecule has 11 heteroatoms. The first kappa shape index (κ1) is 68.8. The van der Waals surface area contributed by atoms with Gasteiger partial charge < -0.3 is 23.7 Å². The van der Waals surface area contributed by atoms with Gasteiger partial charge >= 0.3 is 29.8 Å². The van der Waals surface area contributed by atoms with Gasteiger partial charge in [0.2, 0.25) is 0 Å². The van der Waals surface area contributed by atoms with Crippen LogP contribution in [0.5, 0.6) is 5.75 Å². The van der Waals surface area contributed by atoms with Gasteiger partial charge in [0.25, 0.3) is 0 Å². The Kier molecular flexibility index (Phi) is 30.3. The second-order valence-corrected chi connectivity index (χ2v) is 27.0. The Hall–Kier alpha value is -4.02. The number of carbonyl (C=O) groups is 6. The maximum Gasteiger partial charge on any atom is 0.311 e. The number of carbonyl (C=O) groups excluding carboxylic acids is 6. The number of aryl methyl sites for hydroxylation is 2. The molecule has 0 amide bonds. The lowest BCUT2D eigenvalue weighted by Gasteiger charge is -2.57. The van der Waals surface area contributed by atoms with Crippen LogP contribution in [0.3, 0.4) is 0 Å². The van der Waals surface area contributed by atoms with E-state index in [0.717, 1.165) is 100 Å². The maximum absolute atomic E-state index is 14.1. The number of ketones is 1. The van der Waals surface area contributed by atoms with Crippen molar-refractivity contribution < 1.29 is 52.5 Å². The number of hydrogen-bond donors (Lipinski definition) is 0. The molecule has 0 spiro atoms. The molecule has 0 heterocycles. The molecule has 0 unspecified atom stereocenters. The minimum Gasteiger partial charge on any atom is -0.462 e. The molecule has 6 atom stereocenters. The average molecular weight is 1140 g/mol. The first-order valence-electron chi connectivity index (χ1n) is 33.7. The number of benzene rings is 1. The minimum absolute atomic E-state index is 0.0856. The quantitative estimate of drug-likeness (QED) is 0.0267. The van der Waals surface area contributed by atoms with Crippen LogP contribution in [0.1, 0.15) is 309 Å². The summed E-state index contributed by atoms with van der Waals surface area (Å²) in [4.78, 5) is 79.3. The molecule has 464 valence electrons. The van der Waals surface area contributed by atoms with E-state index in [0.29, 0.717) is 42.8 Å². The highest BCUT2D eigenvalue weighted by atomic mass is 16.6. The van der Waals surface area contributed by atoms with Crippen molar-refractivity contribution in [2.45, 2.75) is 323 Å². The van der Waals surface area contributed by atoms with Gasteiger partial charge in [-0.1, -0.05) is 207 Å². The topological polar surface area (TPSA) is 149 Å². The second kappa shape index (κ2) is 36.1. The molecule has 0 N–H and O–H groups in total. The van der Waals surface area contributed by atoms with Crippen LogP contribution in [0.25, 0.3) is 0 Å². The normalized spacial score (nSPS) is 22.2. The Labute approximate surface area is 497 Å². The van der Waals surface area contributed by atoms with E-state index in [1.165, 1.54) is 121 Å². The molecule has 0 aromatic heterocycles. The molecule has 4 aliphatic rings. The fourth-order valence-electron chi connectivity index (χ4n) is 15.1. The molecule has 0 aliphatic heterocycles. The maximum atomic E-state index is 14.1. The summed E-state index contributed by atoms with van der Waals surface area (Å²) in [6.07, 6.45) is 39.7. The number of fused-ring (bicyclic) bond motifs is 5. The van der Waals surface area contributed by atoms with Gasteiger partial charge in [-0.05, 0) is 118 Å². The molecule has 3 saturated carbocycles. The lowest BCUT2D eigenvalue weighted by molar-refractivity contribution is -0.167. The number of rotatable bonds is 41. The van der Waals surface area contributed by atoms with Gasteiger partial charge in [-0.2, -0.15) is 0 Å². The molecule has 0 bridgehead atoms. The number of hydrogen-bond acceptors (Lipinski definition) is 11. The van der Waals surface area contributed by atoms with E-state index >= 15 is 0 Å². The van der Waals surface area contributed by atoms with Crippen molar-refractivity contribution in [3.63, 3.8) is 0 Å². The molecule has 1 aromatic rings. The number of esters is 5. The predicted molar refractivity (Wildman–Crippen MR) is 327 cm³/mol. The number of ether oxygens (including phenoxy) is 5. The van der Waals surface area contributed by atoms with Gasteiger partial charge in [0.1, 0.15) is 25.1 Å². The lowest BCUT2D eigenvalue weighted by atomic mass is 9.47. The Morgan fingerprint density at radius 3 is 1.59 bits per heavy atom. The van der Waals surface area contributed by atoms with Crippen LogP contribution in [0.15, 0.2) is 23.8 Å². The van der Waals surface area contributed by atoms with Gasteiger partial charge in [0, 0.05) is 35.7 Å². The molecular formula is C71H114O11. The molecule has 4 aliphatic carbocycles. The second-order valence-electron chi connectivity index (χ2n) is 27.0. The van der Waals surface area contributed by atoms with E-state index in [1.807, 2.05) is 39.8 Å². The van der Waals surface area contributed by atoms with Crippen molar-refractivity contribution in [2.24, 2.45) is 28.6 Å². The molecule has 1 aromatic carbocycles. The Morgan fingerprint density at radius 2 is 1.06 bits per heavy atom. The summed E-state index contributed by atoms with van der Waals surface area (Å²) in [6, 6.07) is 3.82. The SMILES string of the molecule is CCCCCCCCCCCCCCCC(=O)OCC(COC(=O)CCCCCCCCCCCCCCC)OC(=O)CCC(=O)Oc1cc(C)cc(C)c1C(C)(C)CC(=O)O[C@H]1CC[C@H]2[C@@H]3CCC4=CC(=O)CC[C@]4(C)[C@H]3CC[C@]12C. The zero-order valence-corrected chi connectivity index (χ0v) is 53.1. The Morgan fingerprint density at radius 1 is 0.561 bits per heavy atom. The van der Waals surface area contributed by atoms with Gasteiger partial charge in [-0.25, -0.2) is 0 Å². The molecule has 3 fully saturated rings. The van der Waals surface area contributed by atoms with Crippen molar-refractivity contribution in [2.75, 3.05) is 13.2 Å². The van der Waals surface area contributed by atoms with Gasteiger partial charge in [-0.15, -0.1) is 0 Å². The molecule has 5 rings (SSSR count). The lowest BCUT2D eigenvalue weighted by Crippen LogP contribution is -2.51. The van der Waals surface area contributed by atoms with Crippen LogP contribution in [0.2, 0.25) is 0 Å². The van der Waals surface area contributed by atoms with E-state index in [9.17, 15) is 28.8 Å². The van der Waals surface area contributed by atoms with Gasteiger partial charge in [-0.3, -0.25) is 28.8 Å². The summed E-state index contributed by atoms with van der Waals surface area (Å²) in [5.41, 5.74) is 3.07. The highest BCUT2D eigenvalue weighted by Crippen LogP contribution is 2.65. The van der Waals surface area contributed by atoms with E-state index in [-0.39, 0.29) is 85.9 Å². The zero-order valence-electron chi connectivity index (χ0n) is 53.1. The Balaban J connectivity index is 1.08. The standard InChI is InChI=1S/C71H114O11/c1-9-11-13-15-17-19-21-23-25-27-29-31-33-35-63(73)78-51-57(52-79-64(74)36-34-32-30-28-26-24-22-20-18-16-14-12-10-2)80-65(75)41-42-66(76)81-61-48-53(3)47-54(4)68(61)69(5,6)50-67(77)82-62-40-39-59-58-38-37-55-49-56(72)43-45-70(55,7)60(58)44-46-71(59,62)8/h47-49,57-60,62H,9-46,50-52H2,1-8H3/t58-,59-,60-,62-,70-,71-/m0/s1. The van der Waals surface area contributed by atoms with Gasteiger partial charge in [0.15, 0.2) is 11.9 Å². The van der Waals surface area contributed by atoms with Crippen LogP contribution < -0.4 is 4.74 Å². The van der Waals surface area contributed by atoms with Crippen molar-refractivity contribution in [3.8, 4) is 5.75 Å². The molecule has 0 radical (unpaired) electrons.